The molecule has 3 aromatic rings. The second-order valence-corrected chi connectivity index (χ2v) is 8.49. The fraction of sp³-hybridized carbons (Fsp3) is 0.286. The number of carbonyl (C=O) groups is 2. The number of hydrogen-bond acceptors (Lipinski definition) is 4. The van der Waals surface area contributed by atoms with Gasteiger partial charge in [-0.1, -0.05) is 27.5 Å². The summed E-state index contributed by atoms with van der Waals surface area (Å²) in [5, 5.41) is 3.29. The molecule has 0 radical (unpaired) electrons. The Bertz CT molecular complexity index is 1130. The Morgan fingerprint density at radius 3 is 2.77 bits per heavy atom. The molecule has 0 spiro atoms. The van der Waals surface area contributed by atoms with E-state index in [0.717, 1.165) is 30.4 Å². The highest BCUT2D eigenvalue weighted by molar-refractivity contribution is 9.10. The molecule has 4 rings (SSSR count). The van der Waals surface area contributed by atoms with Crippen LogP contribution in [0, 0.1) is 5.82 Å². The van der Waals surface area contributed by atoms with E-state index in [0.29, 0.717) is 35.5 Å². The van der Waals surface area contributed by atoms with Crippen LogP contribution in [0.2, 0.25) is 5.02 Å². The van der Waals surface area contributed by atoms with Crippen LogP contribution in [-0.4, -0.2) is 39.7 Å². The van der Waals surface area contributed by atoms with E-state index in [1.807, 2.05) is 4.90 Å². The van der Waals surface area contributed by atoms with Gasteiger partial charge in [0, 0.05) is 36.1 Å². The Morgan fingerprint density at radius 2 is 2.07 bits per heavy atom. The predicted molar refractivity (Wildman–Crippen MR) is 118 cm³/mol. The lowest BCUT2D eigenvalue weighted by atomic mass is 10.1. The molecule has 1 amide bonds. The summed E-state index contributed by atoms with van der Waals surface area (Å²) in [6, 6.07) is 6.70. The Morgan fingerprint density at radius 1 is 1.30 bits per heavy atom. The maximum Gasteiger partial charge on any atom is 0.224 e. The van der Waals surface area contributed by atoms with Crippen LogP contribution in [0.4, 0.5) is 15.8 Å². The number of fused-ring (bicyclic) bond motifs is 1. The van der Waals surface area contributed by atoms with Crippen LogP contribution < -0.4 is 5.32 Å². The van der Waals surface area contributed by atoms with Crippen molar-refractivity contribution in [2.45, 2.75) is 25.8 Å². The van der Waals surface area contributed by atoms with Gasteiger partial charge in [-0.15, -0.1) is 0 Å². The van der Waals surface area contributed by atoms with Gasteiger partial charge in [0.25, 0.3) is 0 Å². The number of amides is 1. The Hall–Kier alpha value is -2.45. The molecule has 9 heteroatoms. The minimum atomic E-state index is -0.641. The van der Waals surface area contributed by atoms with Gasteiger partial charge in [0.2, 0.25) is 5.91 Å². The number of anilines is 2. The van der Waals surface area contributed by atoms with E-state index in [1.54, 1.807) is 28.8 Å². The quantitative estimate of drug-likeness (QED) is 0.482. The smallest absolute Gasteiger partial charge is 0.224 e. The maximum atomic E-state index is 15.2. The van der Waals surface area contributed by atoms with Crippen LogP contribution >= 0.6 is 27.5 Å². The number of nitrogens with one attached hydrogen (secondary N) is 1. The zero-order valence-electron chi connectivity index (χ0n) is 16.0. The summed E-state index contributed by atoms with van der Waals surface area (Å²) in [7, 11) is 0. The fourth-order valence-electron chi connectivity index (χ4n) is 3.64. The number of nitrogens with zero attached hydrogens (tertiary/aromatic N) is 3. The molecule has 2 aromatic carbocycles. The molecule has 1 aromatic heterocycles. The highest BCUT2D eigenvalue weighted by Crippen LogP contribution is 2.33. The molecule has 30 heavy (non-hydrogen) atoms. The Balaban J connectivity index is 1.63. The Kier molecular flexibility index (Phi) is 6.06. The van der Waals surface area contributed by atoms with Crippen molar-refractivity contribution < 1.29 is 14.0 Å². The number of benzene rings is 2. The first-order valence-corrected chi connectivity index (χ1v) is 10.8. The summed E-state index contributed by atoms with van der Waals surface area (Å²) in [5.41, 5.74) is 1.23. The van der Waals surface area contributed by atoms with Gasteiger partial charge in [-0.2, -0.15) is 0 Å². The molecule has 156 valence electrons. The minimum absolute atomic E-state index is 0.0140. The molecule has 0 aliphatic carbocycles. The number of imidazole rings is 1. The maximum absolute atomic E-state index is 15.2. The third kappa shape index (κ3) is 4.06. The topological polar surface area (TPSA) is 67.2 Å². The summed E-state index contributed by atoms with van der Waals surface area (Å²) in [4.78, 5) is 30.0. The van der Waals surface area contributed by atoms with Gasteiger partial charge in [-0.25, -0.2) is 9.37 Å². The number of halogens is 3. The number of likely N-dealkylation sites (tertiary alicyclic amines) is 1. The van der Waals surface area contributed by atoms with Crippen molar-refractivity contribution in [1.29, 1.82) is 0 Å². The number of aromatic nitrogens is 2. The molecule has 2 heterocycles. The van der Waals surface area contributed by atoms with E-state index in [4.69, 9.17) is 11.6 Å². The van der Waals surface area contributed by atoms with Crippen molar-refractivity contribution >= 4 is 62.1 Å². The third-order valence-corrected chi connectivity index (χ3v) is 6.04. The molecule has 1 saturated heterocycles. The first kappa shape index (κ1) is 20.8. The van der Waals surface area contributed by atoms with Crippen LogP contribution in [0.25, 0.3) is 11.0 Å². The zero-order valence-corrected chi connectivity index (χ0v) is 18.3. The van der Waals surface area contributed by atoms with E-state index in [9.17, 15) is 9.59 Å². The second kappa shape index (κ2) is 8.73. The molecule has 1 fully saturated rings. The van der Waals surface area contributed by atoms with Crippen LogP contribution in [0.3, 0.4) is 0 Å². The highest BCUT2D eigenvalue weighted by atomic mass is 79.9. The summed E-state index contributed by atoms with van der Waals surface area (Å²) >= 11 is 9.54. The third-order valence-electron chi connectivity index (χ3n) is 5.23. The number of aldehydes is 1. The molecular formula is C21H19BrClFN4O2. The first-order valence-electron chi connectivity index (χ1n) is 9.60. The molecule has 1 aliphatic rings. The molecule has 0 saturated carbocycles. The lowest BCUT2D eigenvalue weighted by Gasteiger charge is -2.15. The van der Waals surface area contributed by atoms with Gasteiger partial charge in [0.05, 0.1) is 28.2 Å². The predicted octanol–water partition coefficient (Wildman–Crippen LogP) is 5.16. The summed E-state index contributed by atoms with van der Waals surface area (Å²) in [5.74, 6) is -0.563. The summed E-state index contributed by atoms with van der Waals surface area (Å²) < 4.78 is 17.7. The van der Waals surface area contributed by atoms with Gasteiger partial charge in [-0.05, 0) is 37.1 Å². The SMILES string of the molecule is O=Cc1cc2c(ncn2CCC(=O)N2CCCC2)c(F)c1Nc1ccc(Br)cc1Cl. The van der Waals surface area contributed by atoms with E-state index in [2.05, 4.69) is 26.2 Å². The molecule has 1 aliphatic heterocycles. The van der Waals surface area contributed by atoms with Crippen molar-refractivity contribution in [3.8, 4) is 0 Å². The van der Waals surface area contributed by atoms with Crippen molar-refractivity contribution in [3.63, 3.8) is 0 Å². The summed E-state index contributed by atoms with van der Waals surface area (Å²) in [6.45, 7) is 1.96. The van der Waals surface area contributed by atoms with Crippen molar-refractivity contribution in [2.24, 2.45) is 0 Å². The largest absolute Gasteiger partial charge is 0.351 e. The number of carbonyl (C=O) groups excluding carboxylic acids is 2. The van der Waals surface area contributed by atoms with E-state index >= 15 is 4.39 Å². The minimum Gasteiger partial charge on any atom is -0.351 e. The lowest BCUT2D eigenvalue weighted by Crippen LogP contribution is -2.28. The fourth-order valence-corrected chi connectivity index (χ4v) is 4.36. The molecule has 6 nitrogen and oxygen atoms in total. The lowest BCUT2D eigenvalue weighted by molar-refractivity contribution is -0.130. The van der Waals surface area contributed by atoms with Gasteiger partial charge < -0.3 is 14.8 Å². The van der Waals surface area contributed by atoms with Crippen molar-refractivity contribution in [3.05, 3.63) is 51.5 Å². The van der Waals surface area contributed by atoms with Gasteiger partial charge >= 0.3 is 0 Å². The zero-order chi connectivity index (χ0) is 21.3. The average molecular weight is 494 g/mol. The van der Waals surface area contributed by atoms with Crippen LogP contribution in [0.15, 0.2) is 35.1 Å². The van der Waals surface area contributed by atoms with Crippen LogP contribution in [0.1, 0.15) is 29.6 Å². The van der Waals surface area contributed by atoms with E-state index in [1.165, 1.54) is 6.33 Å². The van der Waals surface area contributed by atoms with Gasteiger partial charge in [0.15, 0.2) is 12.1 Å². The van der Waals surface area contributed by atoms with Gasteiger partial charge in [0.1, 0.15) is 5.52 Å². The van der Waals surface area contributed by atoms with E-state index < -0.39 is 5.82 Å². The Labute approximate surface area is 186 Å². The van der Waals surface area contributed by atoms with E-state index in [-0.39, 0.29) is 22.7 Å². The van der Waals surface area contributed by atoms with Crippen LogP contribution in [-0.2, 0) is 11.3 Å². The number of aryl methyl sites for hydroxylation is 1. The van der Waals surface area contributed by atoms with Crippen molar-refractivity contribution in [1.82, 2.24) is 14.5 Å². The standard InChI is InChI=1S/C21H19BrClFN4O2/c22-14-3-4-16(15(23)10-14)26-20-13(11-29)9-17-21(19(20)24)25-12-28(17)8-5-18(30)27-6-1-2-7-27/h3-4,9-12,26H,1-2,5-8H2. The highest BCUT2D eigenvalue weighted by Gasteiger charge is 2.20. The van der Waals surface area contributed by atoms with Crippen molar-refractivity contribution in [2.75, 3.05) is 18.4 Å². The molecule has 0 unspecified atom stereocenters. The van der Waals surface area contributed by atoms with Gasteiger partial charge in [-0.3, -0.25) is 9.59 Å². The monoisotopic (exact) mass is 492 g/mol. The first-order chi connectivity index (χ1) is 14.5. The summed E-state index contributed by atoms with van der Waals surface area (Å²) in [6.07, 6.45) is 4.45. The number of rotatable bonds is 6. The normalized spacial score (nSPS) is 13.8. The molecular weight excluding hydrogens is 475 g/mol. The average Bonchev–Trinajstić information content (AvgIpc) is 3.40. The second-order valence-electron chi connectivity index (χ2n) is 7.17. The molecule has 0 bridgehead atoms. The number of hydrogen-bond donors (Lipinski definition) is 1. The molecule has 0 atom stereocenters. The molecule has 1 N–H and O–H groups in total. The van der Waals surface area contributed by atoms with Crippen LogP contribution in [0.5, 0.6) is 0 Å².